The highest BCUT2D eigenvalue weighted by molar-refractivity contribution is 5.95. The van der Waals surface area contributed by atoms with Crippen molar-refractivity contribution in [3.8, 4) is 11.5 Å². The number of amides is 3. The summed E-state index contributed by atoms with van der Waals surface area (Å²) in [7, 11) is 0. The van der Waals surface area contributed by atoms with Crippen LogP contribution in [0.4, 0.5) is 4.79 Å². The van der Waals surface area contributed by atoms with Crippen molar-refractivity contribution in [3.05, 3.63) is 35.0 Å². The molecule has 0 aliphatic carbocycles. The van der Waals surface area contributed by atoms with Crippen molar-refractivity contribution in [2.75, 3.05) is 26.3 Å². The molecule has 3 amide bonds. The van der Waals surface area contributed by atoms with Crippen LogP contribution in [0.25, 0.3) is 0 Å². The van der Waals surface area contributed by atoms with Crippen LogP contribution in [0.5, 0.6) is 11.5 Å². The second kappa shape index (κ2) is 11.4. The van der Waals surface area contributed by atoms with Gasteiger partial charge in [0, 0.05) is 18.8 Å². The van der Waals surface area contributed by atoms with Gasteiger partial charge in [0.2, 0.25) is 0 Å². The summed E-state index contributed by atoms with van der Waals surface area (Å²) in [6, 6.07) is 3.96. The molecule has 32 heavy (non-hydrogen) atoms. The van der Waals surface area contributed by atoms with Gasteiger partial charge in [-0.05, 0) is 59.2 Å². The molecule has 9 heteroatoms. The maximum absolute atomic E-state index is 12.7. The molecule has 1 aliphatic heterocycles. The molecule has 0 aromatic heterocycles. The fourth-order valence-corrected chi connectivity index (χ4v) is 3.39. The Labute approximate surface area is 189 Å². The Kier molecular flexibility index (Phi) is 8.92. The number of hydrogen-bond acceptors (Lipinski definition) is 6. The molecule has 1 aromatic rings. The first-order valence-corrected chi connectivity index (χ1v) is 10.9. The van der Waals surface area contributed by atoms with E-state index in [-0.39, 0.29) is 18.6 Å². The molecule has 0 bridgehead atoms. The number of carbonyl (C=O) groups excluding carboxylic acids is 3. The van der Waals surface area contributed by atoms with Gasteiger partial charge < -0.3 is 29.7 Å². The quantitative estimate of drug-likeness (QED) is 0.534. The molecule has 9 nitrogen and oxygen atoms in total. The second-order valence-corrected chi connectivity index (χ2v) is 7.52. The van der Waals surface area contributed by atoms with Crippen LogP contribution in [-0.2, 0) is 14.3 Å². The van der Waals surface area contributed by atoms with Crippen LogP contribution in [0.2, 0.25) is 0 Å². The Morgan fingerprint density at radius 2 is 1.78 bits per heavy atom. The Morgan fingerprint density at radius 1 is 1.09 bits per heavy atom. The SMILES string of the molecule is CCOc1cc(C2NC(=O)NC(C)=C2C(=O)OC(C)C)ccc1OCC(=O)N(CC)CC. The minimum absolute atomic E-state index is 0.115. The van der Waals surface area contributed by atoms with E-state index < -0.39 is 18.0 Å². The van der Waals surface area contributed by atoms with Gasteiger partial charge in [0.1, 0.15) is 0 Å². The van der Waals surface area contributed by atoms with Gasteiger partial charge in [-0.3, -0.25) is 4.79 Å². The minimum Gasteiger partial charge on any atom is -0.490 e. The van der Waals surface area contributed by atoms with Crippen LogP contribution in [-0.4, -0.2) is 55.2 Å². The van der Waals surface area contributed by atoms with Crippen molar-refractivity contribution in [3.63, 3.8) is 0 Å². The molecular weight excluding hydrogens is 414 g/mol. The third-order valence-corrected chi connectivity index (χ3v) is 4.90. The Bertz CT molecular complexity index is 876. The third kappa shape index (κ3) is 6.15. The molecule has 0 saturated heterocycles. The van der Waals surface area contributed by atoms with Crippen molar-refractivity contribution >= 4 is 17.9 Å². The maximum Gasteiger partial charge on any atom is 0.338 e. The average molecular weight is 448 g/mol. The van der Waals surface area contributed by atoms with Crippen LogP contribution in [0, 0.1) is 0 Å². The lowest BCUT2D eigenvalue weighted by Gasteiger charge is -2.29. The van der Waals surface area contributed by atoms with Crippen molar-refractivity contribution in [1.29, 1.82) is 0 Å². The van der Waals surface area contributed by atoms with E-state index in [2.05, 4.69) is 10.6 Å². The second-order valence-electron chi connectivity index (χ2n) is 7.52. The predicted octanol–water partition coefficient (Wildman–Crippen LogP) is 2.91. The van der Waals surface area contributed by atoms with Crippen LogP contribution in [0.1, 0.15) is 53.1 Å². The monoisotopic (exact) mass is 447 g/mol. The van der Waals surface area contributed by atoms with Crippen LogP contribution >= 0.6 is 0 Å². The number of nitrogens with one attached hydrogen (secondary N) is 2. The highest BCUT2D eigenvalue weighted by atomic mass is 16.5. The van der Waals surface area contributed by atoms with E-state index in [9.17, 15) is 14.4 Å². The lowest BCUT2D eigenvalue weighted by atomic mass is 9.95. The summed E-state index contributed by atoms with van der Waals surface area (Å²) in [4.78, 5) is 38.8. The fourth-order valence-electron chi connectivity index (χ4n) is 3.39. The van der Waals surface area contributed by atoms with Crippen molar-refractivity contribution < 1.29 is 28.6 Å². The summed E-state index contributed by atoms with van der Waals surface area (Å²) in [5.41, 5.74) is 1.36. The summed E-state index contributed by atoms with van der Waals surface area (Å²) >= 11 is 0. The van der Waals surface area contributed by atoms with Crippen molar-refractivity contribution in [2.24, 2.45) is 0 Å². The van der Waals surface area contributed by atoms with Gasteiger partial charge in [-0.15, -0.1) is 0 Å². The molecule has 1 unspecified atom stereocenters. The van der Waals surface area contributed by atoms with Gasteiger partial charge in [0.15, 0.2) is 18.1 Å². The summed E-state index contributed by atoms with van der Waals surface area (Å²) in [5.74, 6) is 0.185. The number of urea groups is 1. The number of allylic oxidation sites excluding steroid dienone is 1. The number of rotatable bonds is 10. The molecule has 0 saturated carbocycles. The van der Waals surface area contributed by atoms with Gasteiger partial charge >= 0.3 is 12.0 Å². The fraction of sp³-hybridized carbons (Fsp3) is 0.522. The number of carbonyl (C=O) groups is 3. The van der Waals surface area contributed by atoms with Crippen LogP contribution < -0.4 is 20.1 Å². The largest absolute Gasteiger partial charge is 0.490 e. The maximum atomic E-state index is 12.7. The van der Waals surface area contributed by atoms with Gasteiger partial charge in [-0.1, -0.05) is 6.07 Å². The molecule has 0 spiro atoms. The highest BCUT2D eigenvalue weighted by Gasteiger charge is 2.33. The smallest absolute Gasteiger partial charge is 0.338 e. The minimum atomic E-state index is -0.722. The standard InChI is InChI=1S/C23H33N3O6/c1-7-26(8-2)19(27)13-31-17-11-10-16(12-18(17)30-9-3)21-20(22(28)32-14(4)5)15(6)24-23(29)25-21/h10-12,14,21H,7-9,13H2,1-6H3,(H2,24,25,29). The van der Waals surface area contributed by atoms with Gasteiger partial charge in [0.05, 0.1) is 24.3 Å². The number of hydrogen-bond donors (Lipinski definition) is 2. The Morgan fingerprint density at radius 3 is 2.38 bits per heavy atom. The van der Waals surface area contributed by atoms with E-state index in [0.717, 1.165) is 0 Å². The zero-order chi connectivity index (χ0) is 23.8. The summed E-state index contributed by atoms with van der Waals surface area (Å²) in [6.45, 7) is 12.3. The van der Waals surface area contributed by atoms with Gasteiger partial charge in [0.25, 0.3) is 5.91 Å². The van der Waals surface area contributed by atoms with E-state index in [4.69, 9.17) is 14.2 Å². The van der Waals surface area contributed by atoms with Crippen LogP contribution in [0.3, 0.4) is 0 Å². The topological polar surface area (TPSA) is 106 Å². The molecule has 1 aromatic carbocycles. The summed E-state index contributed by atoms with van der Waals surface area (Å²) in [5, 5.41) is 5.39. The number of nitrogens with zero attached hydrogens (tertiary/aromatic N) is 1. The Balaban J connectivity index is 2.34. The number of ether oxygens (including phenoxy) is 3. The van der Waals surface area contributed by atoms with E-state index in [1.807, 2.05) is 20.8 Å². The molecular formula is C23H33N3O6. The Hall–Kier alpha value is -3.23. The van der Waals surface area contributed by atoms with Crippen molar-refractivity contribution in [1.82, 2.24) is 15.5 Å². The highest BCUT2D eigenvalue weighted by Crippen LogP contribution is 2.35. The molecule has 1 atom stereocenters. The molecule has 2 N–H and O–H groups in total. The molecule has 176 valence electrons. The van der Waals surface area contributed by atoms with E-state index in [1.165, 1.54) is 0 Å². The first-order chi connectivity index (χ1) is 15.2. The van der Waals surface area contributed by atoms with Gasteiger partial charge in [-0.25, -0.2) is 9.59 Å². The molecule has 2 rings (SSSR count). The van der Waals surface area contributed by atoms with E-state index >= 15 is 0 Å². The third-order valence-electron chi connectivity index (χ3n) is 4.90. The zero-order valence-electron chi connectivity index (χ0n) is 19.6. The predicted molar refractivity (Wildman–Crippen MR) is 119 cm³/mol. The normalized spacial score (nSPS) is 15.7. The number of esters is 1. The van der Waals surface area contributed by atoms with Crippen molar-refractivity contribution in [2.45, 2.75) is 53.7 Å². The first-order valence-electron chi connectivity index (χ1n) is 10.9. The molecule has 1 heterocycles. The molecule has 1 aliphatic rings. The number of benzene rings is 1. The average Bonchev–Trinajstić information content (AvgIpc) is 2.72. The summed E-state index contributed by atoms with van der Waals surface area (Å²) in [6.07, 6.45) is -0.306. The lowest BCUT2D eigenvalue weighted by Crippen LogP contribution is -2.45. The summed E-state index contributed by atoms with van der Waals surface area (Å²) < 4.78 is 16.8. The molecule has 0 fully saturated rings. The zero-order valence-corrected chi connectivity index (χ0v) is 19.6. The number of likely N-dealkylation sites (N-methyl/N-ethyl adjacent to an activating group) is 1. The van der Waals surface area contributed by atoms with E-state index in [0.29, 0.717) is 48.0 Å². The lowest BCUT2D eigenvalue weighted by molar-refractivity contribution is -0.143. The van der Waals surface area contributed by atoms with Crippen LogP contribution in [0.15, 0.2) is 29.5 Å². The first kappa shape index (κ1) is 25.0. The van der Waals surface area contributed by atoms with Gasteiger partial charge in [-0.2, -0.15) is 0 Å². The molecule has 0 radical (unpaired) electrons. The van der Waals surface area contributed by atoms with E-state index in [1.54, 1.807) is 43.9 Å².